The van der Waals surface area contributed by atoms with Crippen LogP contribution in [0, 0.1) is 19.3 Å². The number of nitrogens with two attached hydrogens (primary N) is 1. The van der Waals surface area contributed by atoms with Crippen LogP contribution in [0.3, 0.4) is 0 Å². The summed E-state index contributed by atoms with van der Waals surface area (Å²) >= 11 is 1.72. The van der Waals surface area contributed by atoms with Crippen LogP contribution in [0.5, 0.6) is 0 Å². The van der Waals surface area contributed by atoms with Gasteiger partial charge in [-0.3, -0.25) is 10.4 Å². The lowest BCUT2D eigenvalue weighted by Crippen LogP contribution is -2.16. The maximum absolute atomic E-state index is 7.67. The Hall–Kier alpha value is -1.07. The SMILES string of the molecule is Cc1cc(SCC2CCCO2)c(C(=N)N)c(C)n1. The quantitative estimate of drug-likeness (QED) is 0.497. The van der Waals surface area contributed by atoms with E-state index in [-0.39, 0.29) is 5.84 Å². The van der Waals surface area contributed by atoms with Gasteiger partial charge in [-0.1, -0.05) is 0 Å². The molecule has 98 valence electrons. The van der Waals surface area contributed by atoms with Crippen LogP contribution in [0.1, 0.15) is 29.8 Å². The molecular formula is C13H19N3OS. The summed E-state index contributed by atoms with van der Waals surface area (Å²) in [5, 5.41) is 7.67. The second-order valence-electron chi connectivity index (χ2n) is 4.58. The molecule has 0 radical (unpaired) electrons. The number of aryl methyl sites for hydroxylation is 2. The molecule has 5 heteroatoms. The summed E-state index contributed by atoms with van der Waals surface area (Å²) in [6.45, 7) is 4.74. The van der Waals surface area contributed by atoms with E-state index < -0.39 is 0 Å². The Kier molecular flexibility index (Phi) is 4.24. The number of nitrogen functional groups attached to an aromatic ring is 1. The normalized spacial score (nSPS) is 19.1. The smallest absolute Gasteiger partial charge is 0.125 e. The molecule has 0 amide bonds. The summed E-state index contributed by atoms with van der Waals surface area (Å²) in [5.41, 5.74) is 8.21. The van der Waals surface area contributed by atoms with Gasteiger partial charge in [-0.2, -0.15) is 0 Å². The number of aromatic nitrogens is 1. The summed E-state index contributed by atoms with van der Waals surface area (Å²) in [7, 11) is 0. The van der Waals surface area contributed by atoms with Gasteiger partial charge >= 0.3 is 0 Å². The summed E-state index contributed by atoms with van der Waals surface area (Å²) in [6.07, 6.45) is 2.62. The van der Waals surface area contributed by atoms with Gasteiger partial charge < -0.3 is 10.5 Å². The molecule has 0 saturated carbocycles. The van der Waals surface area contributed by atoms with Crippen LogP contribution >= 0.6 is 11.8 Å². The first kappa shape index (κ1) is 13.4. The number of rotatable bonds is 4. The second-order valence-corrected chi connectivity index (χ2v) is 5.64. The maximum atomic E-state index is 7.67. The molecule has 1 aliphatic heterocycles. The minimum Gasteiger partial charge on any atom is -0.384 e. The fourth-order valence-electron chi connectivity index (χ4n) is 2.19. The zero-order chi connectivity index (χ0) is 13.1. The standard InChI is InChI=1S/C13H19N3OS/c1-8-6-11(12(13(14)15)9(2)16-8)18-7-10-4-3-5-17-10/h6,10H,3-5,7H2,1-2H3,(H3,14,15). The number of nitrogens with one attached hydrogen (secondary N) is 1. The van der Waals surface area contributed by atoms with Crippen LogP contribution in [0.4, 0.5) is 0 Å². The van der Waals surface area contributed by atoms with Crippen LogP contribution in [-0.4, -0.2) is 29.3 Å². The highest BCUT2D eigenvalue weighted by Crippen LogP contribution is 2.28. The van der Waals surface area contributed by atoms with E-state index in [1.54, 1.807) is 11.8 Å². The number of hydrogen-bond donors (Lipinski definition) is 2. The molecule has 0 aromatic carbocycles. The number of nitrogens with zero attached hydrogens (tertiary/aromatic N) is 1. The second kappa shape index (κ2) is 5.71. The fourth-order valence-corrected chi connectivity index (χ4v) is 3.48. The van der Waals surface area contributed by atoms with Crippen molar-refractivity contribution in [3.05, 3.63) is 23.0 Å². The first-order valence-corrected chi connectivity index (χ1v) is 7.13. The molecule has 1 atom stereocenters. The van der Waals surface area contributed by atoms with E-state index in [4.69, 9.17) is 15.9 Å². The molecule has 1 fully saturated rings. The molecular weight excluding hydrogens is 246 g/mol. The maximum Gasteiger partial charge on any atom is 0.125 e. The van der Waals surface area contributed by atoms with Gasteiger partial charge in [0.05, 0.1) is 11.7 Å². The highest BCUT2D eigenvalue weighted by molar-refractivity contribution is 7.99. The number of ether oxygens (including phenoxy) is 1. The van der Waals surface area contributed by atoms with Gasteiger partial charge in [0.15, 0.2) is 0 Å². The van der Waals surface area contributed by atoms with Gasteiger partial charge in [0.2, 0.25) is 0 Å². The molecule has 4 nitrogen and oxygen atoms in total. The molecule has 0 bridgehead atoms. The van der Waals surface area contributed by atoms with E-state index in [1.165, 1.54) is 0 Å². The Bertz CT molecular complexity index is 456. The van der Waals surface area contributed by atoms with E-state index in [0.29, 0.717) is 6.10 Å². The monoisotopic (exact) mass is 265 g/mol. The topological polar surface area (TPSA) is 72.0 Å². The van der Waals surface area contributed by atoms with Crippen molar-refractivity contribution in [3.63, 3.8) is 0 Å². The third kappa shape index (κ3) is 3.03. The Morgan fingerprint density at radius 3 is 3.00 bits per heavy atom. The summed E-state index contributed by atoms with van der Waals surface area (Å²) in [4.78, 5) is 5.41. The van der Waals surface area contributed by atoms with Crippen LogP contribution in [0.15, 0.2) is 11.0 Å². The Morgan fingerprint density at radius 2 is 2.39 bits per heavy atom. The van der Waals surface area contributed by atoms with Crippen molar-refractivity contribution in [2.24, 2.45) is 5.73 Å². The number of amidine groups is 1. The van der Waals surface area contributed by atoms with Gasteiger partial charge in [0, 0.05) is 28.6 Å². The molecule has 1 aliphatic rings. The van der Waals surface area contributed by atoms with E-state index in [1.807, 2.05) is 19.9 Å². The first-order chi connectivity index (χ1) is 8.58. The third-order valence-corrected chi connectivity index (χ3v) is 4.18. The van der Waals surface area contributed by atoms with Crippen molar-refractivity contribution < 1.29 is 4.74 Å². The van der Waals surface area contributed by atoms with Crippen LogP contribution in [-0.2, 0) is 4.74 Å². The van der Waals surface area contributed by atoms with Gasteiger partial charge in [0.1, 0.15) is 5.84 Å². The zero-order valence-corrected chi connectivity index (χ0v) is 11.6. The van der Waals surface area contributed by atoms with Gasteiger partial charge in [-0.15, -0.1) is 11.8 Å². The Balaban J connectivity index is 2.16. The van der Waals surface area contributed by atoms with Gasteiger partial charge in [-0.25, -0.2) is 0 Å². The highest BCUT2D eigenvalue weighted by atomic mass is 32.2. The Labute approximate surface area is 112 Å². The minimum absolute atomic E-state index is 0.0924. The molecule has 1 aromatic heterocycles. The predicted molar refractivity (Wildman–Crippen MR) is 74.4 cm³/mol. The lowest BCUT2D eigenvalue weighted by atomic mass is 10.1. The third-order valence-electron chi connectivity index (χ3n) is 3.01. The average molecular weight is 265 g/mol. The summed E-state index contributed by atoms with van der Waals surface area (Å²) < 4.78 is 5.61. The number of thioether (sulfide) groups is 1. The van der Waals surface area contributed by atoms with Crippen molar-refractivity contribution in [2.75, 3.05) is 12.4 Å². The summed E-state index contributed by atoms with van der Waals surface area (Å²) in [6, 6.07) is 2.00. The van der Waals surface area contributed by atoms with E-state index >= 15 is 0 Å². The van der Waals surface area contributed by atoms with Crippen LogP contribution in [0.2, 0.25) is 0 Å². The van der Waals surface area contributed by atoms with Crippen molar-refractivity contribution in [2.45, 2.75) is 37.7 Å². The minimum atomic E-state index is 0.0924. The molecule has 18 heavy (non-hydrogen) atoms. The number of hydrogen-bond acceptors (Lipinski definition) is 4. The van der Waals surface area contributed by atoms with Crippen molar-refractivity contribution >= 4 is 17.6 Å². The molecule has 0 aliphatic carbocycles. The average Bonchev–Trinajstić information content (AvgIpc) is 2.77. The molecule has 2 heterocycles. The molecule has 3 N–H and O–H groups in total. The fraction of sp³-hybridized carbons (Fsp3) is 0.538. The lowest BCUT2D eigenvalue weighted by Gasteiger charge is -2.14. The van der Waals surface area contributed by atoms with Crippen molar-refractivity contribution in [1.29, 1.82) is 5.41 Å². The molecule has 0 spiro atoms. The van der Waals surface area contributed by atoms with Crippen LogP contribution < -0.4 is 5.73 Å². The van der Waals surface area contributed by atoms with Gasteiger partial charge in [-0.05, 0) is 32.8 Å². The predicted octanol–water partition coefficient (Wildman–Crippen LogP) is 2.25. The van der Waals surface area contributed by atoms with E-state index in [0.717, 1.165) is 47.0 Å². The Morgan fingerprint density at radius 1 is 1.61 bits per heavy atom. The van der Waals surface area contributed by atoms with E-state index in [9.17, 15) is 0 Å². The van der Waals surface area contributed by atoms with E-state index in [2.05, 4.69) is 4.98 Å². The van der Waals surface area contributed by atoms with Crippen molar-refractivity contribution in [3.8, 4) is 0 Å². The first-order valence-electron chi connectivity index (χ1n) is 6.15. The molecule has 1 aromatic rings. The molecule has 1 unspecified atom stereocenters. The molecule has 2 rings (SSSR count). The van der Waals surface area contributed by atoms with Gasteiger partial charge in [0.25, 0.3) is 0 Å². The lowest BCUT2D eigenvalue weighted by molar-refractivity contribution is 0.129. The largest absolute Gasteiger partial charge is 0.384 e. The van der Waals surface area contributed by atoms with Crippen molar-refractivity contribution in [1.82, 2.24) is 4.98 Å². The molecule has 1 saturated heterocycles. The van der Waals surface area contributed by atoms with Crippen LogP contribution in [0.25, 0.3) is 0 Å². The highest BCUT2D eigenvalue weighted by Gasteiger charge is 2.18. The number of pyridine rings is 1. The zero-order valence-electron chi connectivity index (χ0n) is 10.8. The summed E-state index contributed by atoms with van der Waals surface area (Å²) in [5.74, 6) is 1.01.